The van der Waals surface area contributed by atoms with Crippen LogP contribution in [0.3, 0.4) is 0 Å². The van der Waals surface area contributed by atoms with E-state index in [0.717, 1.165) is 23.2 Å². The van der Waals surface area contributed by atoms with Crippen LogP contribution in [0.4, 0.5) is 5.69 Å². The highest BCUT2D eigenvalue weighted by Gasteiger charge is 2.13. The minimum absolute atomic E-state index is 0. The summed E-state index contributed by atoms with van der Waals surface area (Å²) in [5.41, 5.74) is 2.78. The molecule has 0 atom stereocenters. The van der Waals surface area contributed by atoms with Crippen molar-refractivity contribution in [2.24, 2.45) is 4.99 Å². The van der Waals surface area contributed by atoms with E-state index in [4.69, 9.17) is 14.2 Å². The van der Waals surface area contributed by atoms with Gasteiger partial charge in [-0.2, -0.15) is 0 Å². The molecule has 2 aromatic rings. The van der Waals surface area contributed by atoms with E-state index in [-0.39, 0.29) is 29.9 Å². The minimum atomic E-state index is 0. The maximum absolute atomic E-state index is 11.8. The summed E-state index contributed by atoms with van der Waals surface area (Å²) in [6.45, 7) is 3.06. The largest absolute Gasteiger partial charge is 0.493 e. The van der Waals surface area contributed by atoms with Crippen molar-refractivity contribution in [1.29, 1.82) is 0 Å². The van der Waals surface area contributed by atoms with E-state index in [0.29, 0.717) is 42.7 Å². The zero-order chi connectivity index (χ0) is 22.6. The highest BCUT2D eigenvalue weighted by atomic mass is 127. The number of methoxy groups -OCH3 is 3. The van der Waals surface area contributed by atoms with E-state index in [2.05, 4.69) is 20.9 Å². The van der Waals surface area contributed by atoms with Gasteiger partial charge < -0.3 is 30.2 Å². The van der Waals surface area contributed by atoms with Crippen LogP contribution in [-0.2, 0) is 17.9 Å². The lowest BCUT2D eigenvalue weighted by molar-refractivity contribution is -0.116. The summed E-state index contributed by atoms with van der Waals surface area (Å²) in [6.07, 6.45) is 1.33. The van der Waals surface area contributed by atoms with Crippen LogP contribution in [0.5, 0.6) is 17.2 Å². The number of benzene rings is 2. The Bertz CT molecular complexity index is 880. The third-order valence-electron chi connectivity index (χ3n) is 4.56. The van der Waals surface area contributed by atoms with Crippen molar-refractivity contribution in [3.05, 3.63) is 47.5 Å². The molecule has 176 valence electrons. The van der Waals surface area contributed by atoms with Gasteiger partial charge >= 0.3 is 0 Å². The first-order valence-corrected chi connectivity index (χ1v) is 10.2. The molecule has 2 aromatic carbocycles. The maximum Gasteiger partial charge on any atom is 0.224 e. The van der Waals surface area contributed by atoms with Crippen LogP contribution in [-0.4, -0.2) is 40.2 Å². The number of rotatable bonds is 10. The van der Waals surface area contributed by atoms with Gasteiger partial charge in [0.2, 0.25) is 11.7 Å². The number of halogens is 1. The Hall–Kier alpha value is -2.69. The molecule has 8 nitrogen and oxygen atoms in total. The van der Waals surface area contributed by atoms with E-state index in [1.54, 1.807) is 28.4 Å². The zero-order valence-electron chi connectivity index (χ0n) is 19.3. The normalized spacial score (nSPS) is 10.6. The summed E-state index contributed by atoms with van der Waals surface area (Å²) >= 11 is 0. The molecule has 0 aliphatic rings. The molecule has 9 heteroatoms. The fourth-order valence-corrected chi connectivity index (χ4v) is 3.04. The van der Waals surface area contributed by atoms with Gasteiger partial charge in [0.05, 0.1) is 21.3 Å². The lowest BCUT2D eigenvalue weighted by Gasteiger charge is -2.16. The van der Waals surface area contributed by atoms with Gasteiger partial charge in [-0.25, -0.2) is 0 Å². The fraction of sp³-hybridized carbons (Fsp3) is 0.391. The van der Waals surface area contributed by atoms with E-state index in [1.807, 2.05) is 43.3 Å². The van der Waals surface area contributed by atoms with Gasteiger partial charge in [0, 0.05) is 32.2 Å². The summed E-state index contributed by atoms with van der Waals surface area (Å²) in [7, 11) is 6.47. The number of aliphatic imine (C=N–C) groups is 1. The number of hydrogen-bond acceptors (Lipinski definition) is 5. The van der Waals surface area contributed by atoms with Crippen molar-refractivity contribution in [3.8, 4) is 17.2 Å². The standard InChI is InChI=1S/C23H32N4O4.HI/c1-6-8-21(28)27-18-10-7-9-16(11-18)14-25-23(24-2)26-15-17-12-19(29-3)22(31-5)20(13-17)30-4;/h7,9-13H,6,8,14-15H2,1-5H3,(H,27,28)(H2,24,25,26);1H. The van der Waals surface area contributed by atoms with Crippen LogP contribution in [0.1, 0.15) is 30.9 Å². The third kappa shape index (κ3) is 8.10. The number of nitrogens with one attached hydrogen (secondary N) is 3. The van der Waals surface area contributed by atoms with E-state index in [1.165, 1.54) is 0 Å². The zero-order valence-corrected chi connectivity index (χ0v) is 21.6. The minimum Gasteiger partial charge on any atom is -0.493 e. The monoisotopic (exact) mass is 556 g/mol. The molecule has 32 heavy (non-hydrogen) atoms. The second-order valence-electron chi connectivity index (χ2n) is 6.81. The first-order valence-electron chi connectivity index (χ1n) is 10.2. The SMILES string of the molecule is CCCC(=O)Nc1cccc(CNC(=NC)NCc2cc(OC)c(OC)c(OC)c2)c1.I. The van der Waals surface area contributed by atoms with Gasteiger partial charge in [-0.3, -0.25) is 9.79 Å². The van der Waals surface area contributed by atoms with Crippen molar-refractivity contribution in [2.45, 2.75) is 32.9 Å². The number of anilines is 1. The number of ether oxygens (including phenoxy) is 3. The molecule has 0 radical (unpaired) electrons. The maximum atomic E-state index is 11.8. The molecule has 0 heterocycles. The summed E-state index contributed by atoms with van der Waals surface area (Å²) in [5, 5.41) is 9.47. The molecule has 0 bridgehead atoms. The van der Waals surface area contributed by atoms with Crippen LogP contribution in [0, 0.1) is 0 Å². The lowest BCUT2D eigenvalue weighted by Crippen LogP contribution is -2.36. The topological polar surface area (TPSA) is 93.2 Å². The highest BCUT2D eigenvalue weighted by molar-refractivity contribution is 14.0. The van der Waals surface area contributed by atoms with Gasteiger partial charge in [0.25, 0.3) is 0 Å². The Balaban J connectivity index is 0.00000512. The van der Waals surface area contributed by atoms with E-state index in [9.17, 15) is 4.79 Å². The van der Waals surface area contributed by atoms with Gasteiger partial charge in [0.1, 0.15) is 0 Å². The smallest absolute Gasteiger partial charge is 0.224 e. The second kappa shape index (κ2) is 14.4. The summed E-state index contributed by atoms with van der Waals surface area (Å²) < 4.78 is 16.2. The molecular weight excluding hydrogens is 523 g/mol. The average molecular weight is 556 g/mol. The number of hydrogen-bond donors (Lipinski definition) is 3. The Morgan fingerprint density at radius 3 is 2.09 bits per heavy atom. The summed E-state index contributed by atoms with van der Waals surface area (Å²) in [4.78, 5) is 16.1. The molecule has 2 rings (SSSR count). The number of guanidine groups is 1. The number of amides is 1. The number of nitrogens with zero attached hydrogens (tertiary/aromatic N) is 1. The highest BCUT2D eigenvalue weighted by Crippen LogP contribution is 2.38. The summed E-state index contributed by atoms with van der Waals surface area (Å²) in [6, 6.07) is 11.5. The quantitative estimate of drug-likeness (QED) is 0.233. The molecule has 1 amide bonds. The summed E-state index contributed by atoms with van der Waals surface area (Å²) in [5.74, 6) is 2.43. The third-order valence-corrected chi connectivity index (χ3v) is 4.56. The Morgan fingerprint density at radius 1 is 0.938 bits per heavy atom. The van der Waals surface area contributed by atoms with Gasteiger partial charge in [0.15, 0.2) is 17.5 Å². The van der Waals surface area contributed by atoms with Gasteiger partial charge in [-0.05, 0) is 41.8 Å². The van der Waals surface area contributed by atoms with Crippen LogP contribution in [0.15, 0.2) is 41.4 Å². The molecule has 0 spiro atoms. The van der Waals surface area contributed by atoms with Crippen molar-refractivity contribution in [1.82, 2.24) is 10.6 Å². The molecule has 0 aromatic heterocycles. The number of carbonyl (C=O) groups is 1. The Morgan fingerprint density at radius 2 is 1.56 bits per heavy atom. The molecule has 0 saturated heterocycles. The molecular formula is C23H33IN4O4. The molecule has 0 aliphatic heterocycles. The van der Waals surface area contributed by atoms with Gasteiger partial charge in [-0.15, -0.1) is 24.0 Å². The van der Waals surface area contributed by atoms with Crippen LogP contribution < -0.4 is 30.2 Å². The van der Waals surface area contributed by atoms with Crippen molar-refractivity contribution in [2.75, 3.05) is 33.7 Å². The van der Waals surface area contributed by atoms with Gasteiger partial charge in [-0.1, -0.05) is 19.1 Å². The van der Waals surface area contributed by atoms with Crippen molar-refractivity contribution < 1.29 is 19.0 Å². The van der Waals surface area contributed by atoms with Crippen LogP contribution in [0.2, 0.25) is 0 Å². The Kier molecular flexibility index (Phi) is 12.3. The first-order chi connectivity index (χ1) is 15.0. The Labute approximate surface area is 207 Å². The van der Waals surface area contributed by atoms with E-state index < -0.39 is 0 Å². The van der Waals surface area contributed by atoms with Crippen molar-refractivity contribution in [3.63, 3.8) is 0 Å². The molecule has 0 fully saturated rings. The second-order valence-corrected chi connectivity index (χ2v) is 6.81. The van der Waals surface area contributed by atoms with Crippen LogP contribution >= 0.6 is 24.0 Å². The van der Waals surface area contributed by atoms with Crippen LogP contribution in [0.25, 0.3) is 0 Å². The fourth-order valence-electron chi connectivity index (χ4n) is 3.04. The molecule has 3 N–H and O–H groups in total. The van der Waals surface area contributed by atoms with Crippen molar-refractivity contribution >= 4 is 41.5 Å². The van der Waals surface area contributed by atoms with E-state index >= 15 is 0 Å². The first kappa shape index (κ1) is 27.3. The number of carbonyl (C=O) groups excluding carboxylic acids is 1. The lowest BCUT2D eigenvalue weighted by atomic mass is 10.1. The molecule has 0 aliphatic carbocycles. The molecule has 0 unspecified atom stereocenters. The molecule has 0 saturated carbocycles. The predicted octanol–water partition coefficient (Wildman–Crippen LogP) is 3.93. The predicted molar refractivity (Wildman–Crippen MR) is 139 cm³/mol. The average Bonchev–Trinajstić information content (AvgIpc) is 2.78.